The van der Waals surface area contributed by atoms with E-state index in [1.807, 2.05) is 31.2 Å². The SMILES string of the molecule is CCC(Cc1ccccc1Br)C(=O)NCCC(=O)O. The Bertz CT molecular complexity index is 448. The zero-order valence-corrected chi connectivity index (χ0v) is 12.4. The van der Waals surface area contributed by atoms with E-state index in [1.54, 1.807) is 0 Å². The quantitative estimate of drug-likeness (QED) is 0.808. The molecule has 1 atom stereocenters. The molecule has 19 heavy (non-hydrogen) atoms. The number of carboxylic acid groups (broad SMARTS) is 1. The zero-order chi connectivity index (χ0) is 14.3. The van der Waals surface area contributed by atoms with E-state index in [0.717, 1.165) is 16.5 Å². The van der Waals surface area contributed by atoms with Crippen molar-refractivity contribution in [2.75, 3.05) is 6.54 Å². The van der Waals surface area contributed by atoms with E-state index >= 15 is 0 Å². The van der Waals surface area contributed by atoms with E-state index in [0.29, 0.717) is 6.42 Å². The first-order valence-corrected chi connectivity index (χ1v) is 7.06. The van der Waals surface area contributed by atoms with E-state index in [1.165, 1.54) is 0 Å². The molecule has 0 fully saturated rings. The summed E-state index contributed by atoms with van der Waals surface area (Å²) in [4.78, 5) is 22.4. The van der Waals surface area contributed by atoms with Crippen LogP contribution in [0.2, 0.25) is 0 Å². The second-order valence-corrected chi connectivity index (χ2v) is 5.19. The Kier molecular flexibility index (Phi) is 6.56. The van der Waals surface area contributed by atoms with Crippen molar-refractivity contribution in [1.82, 2.24) is 5.32 Å². The monoisotopic (exact) mass is 327 g/mol. The third kappa shape index (κ3) is 5.42. The summed E-state index contributed by atoms with van der Waals surface area (Å²) in [6.45, 7) is 2.14. The third-order valence-electron chi connectivity index (χ3n) is 2.93. The van der Waals surface area contributed by atoms with Crippen molar-refractivity contribution in [3.63, 3.8) is 0 Å². The fraction of sp³-hybridized carbons (Fsp3) is 0.429. The minimum Gasteiger partial charge on any atom is -0.481 e. The molecule has 0 aromatic heterocycles. The van der Waals surface area contributed by atoms with E-state index < -0.39 is 5.97 Å². The van der Waals surface area contributed by atoms with Crippen LogP contribution in [-0.4, -0.2) is 23.5 Å². The summed E-state index contributed by atoms with van der Waals surface area (Å²) in [6.07, 6.45) is 1.33. The molecule has 0 saturated carbocycles. The Morgan fingerprint density at radius 2 is 2.05 bits per heavy atom. The normalized spacial score (nSPS) is 11.9. The predicted molar refractivity (Wildman–Crippen MR) is 76.9 cm³/mol. The standard InChI is InChI=1S/C14H18BrNO3/c1-2-10(14(19)16-8-7-13(17)18)9-11-5-3-4-6-12(11)15/h3-6,10H,2,7-9H2,1H3,(H,16,19)(H,17,18). The van der Waals surface area contributed by atoms with Gasteiger partial charge in [0.2, 0.25) is 5.91 Å². The molecule has 4 nitrogen and oxygen atoms in total. The highest BCUT2D eigenvalue weighted by Crippen LogP contribution is 2.21. The number of nitrogens with one attached hydrogen (secondary N) is 1. The Labute approximate surface area is 121 Å². The van der Waals surface area contributed by atoms with Gasteiger partial charge in [-0.3, -0.25) is 9.59 Å². The number of carbonyl (C=O) groups is 2. The number of amides is 1. The highest BCUT2D eigenvalue weighted by molar-refractivity contribution is 9.10. The van der Waals surface area contributed by atoms with Gasteiger partial charge in [-0.1, -0.05) is 41.1 Å². The Morgan fingerprint density at radius 3 is 2.63 bits per heavy atom. The Balaban J connectivity index is 2.55. The molecule has 0 aliphatic rings. The second kappa shape index (κ2) is 7.94. The number of rotatable bonds is 7. The Morgan fingerprint density at radius 1 is 1.37 bits per heavy atom. The smallest absolute Gasteiger partial charge is 0.305 e. The highest BCUT2D eigenvalue weighted by Gasteiger charge is 2.17. The van der Waals surface area contributed by atoms with Gasteiger partial charge in [0.05, 0.1) is 6.42 Å². The number of hydrogen-bond acceptors (Lipinski definition) is 2. The molecule has 1 unspecified atom stereocenters. The lowest BCUT2D eigenvalue weighted by atomic mass is 9.96. The molecule has 1 aromatic rings. The van der Waals surface area contributed by atoms with Crippen molar-refractivity contribution in [2.45, 2.75) is 26.2 Å². The van der Waals surface area contributed by atoms with Gasteiger partial charge in [-0.25, -0.2) is 0 Å². The molecule has 5 heteroatoms. The van der Waals surface area contributed by atoms with Crippen LogP contribution >= 0.6 is 15.9 Å². The van der Waals surface area contributed by atoms with Crippen molar-refractivity contribution < 1.29 is 14.7 Å². The molecule has 104 valence electrons. The molecule has 0 spiro atoms. The average molecular weight is 328 g/mol. The molecule has 2 N–H and O–H groups in total. The van der Waals surface area contributed by atoms with Gasteiger partial charge in [0.25, 0.3) is 0 Å². The fourth-order valence-electron chi connectivity index (χ4n) is 1.79. The molecular weight excluding hydrogens is 310 g/mol. The van der Waals surface area contributed by atoms with Crippen molar-refractivity contribution in [2.24, 2.45) is 5.92 Å². The van der Waals surface area contributed by atoms with E-state index in [-0.39, 0.29) is 24.8 Å². The summed E-state index contributed by atoms with van der Waals surface area (Å²) in [7, 11) is 0. The van der Waals surface area contributed by atoms with Gasteiger partial charge < -0.3 is 10.4 Å². The molecule has 0 radical (unpaired) electrons. The van der Waals surface area contributed by atoms with E-state index in [2.05, 4.69) is 21.2 Å². The fourth-order valence-corrected chi connectivity index (χ4v) is 2.24. The van der Waals surface area contributed by atoms with E-state index in [4.69, 9.17) is 5.11 Å². The molecule has 0 aliphatic heterocycles. The number of halogens is 1. The summed E-state index contributed by atoms with van der Waals surface area (Å²) < 4.78 is 0.992. The summed E-state index contributed by atoms with van der Waals surface area (Å²) in [6, 6.07) is 7.80. The number of carboxylic acids is 1. The number of benzene rings is 1. The average Bonchev–Trinajstić information content (AvgIpc) is 2.37. The van der Waals surface area contributed by atoms with E-state index in [9.17, 15) is 9.59 Å². The summed E-state index contributed by atoms with van der Waals surface area (Å²) >= 11 is 3.47. The molecule has 1 aromatic carbocycles. The molecule has 0 bridgehead atoms. The van der Waals surface area contributed by atoms with Crippen molar-refractivity contribution in [1.29, 1.82) is 0 Å². The summed E-state index contributed by atoms with van der Waals surface area (Å²) in [5.74, 6) is -1.12. The highest BCUT2D eigenvalue weighted by atomic mass is 79.9. The number of aliphatic carboxylic acids is 1. The molecule has 1 amide bonds. The maximum Gasteiger partial charge on any atom is 0.305 e. The van der Waals surface area contributed by atoms with Crippen LogP contribution in [0.4, 0.5) is 0 Å². The van der Waals surface area contributed by atoms with Crippen LogP contribution in [0.3, 0.4) is 0 Å². The first-order valence-electron chi connectivity index (χ1n) is 6.27. The predicted octanol–water partition coefficient (Wildman–Crippen LogP) is 2.61. The third-order valence-corrected chi connectivity index (χ3v) is 3.70. The van der Waals surface area contributed by atoms with Crippen LogP contribution in [0, 0.1) is 5.92 Å². The lowest BCUT2D eigenvalue weighted by Gasteiger charge is -2.15. The largest absolute Gasteiger partial charge is 0.481 e. The van der Waals surface area contributed by atoms with Crippen LogP contribution in [0.25, 0.3) is 0 Å². The summed E-state index contributed by atoms with van der Waals surface area (Å²) in [5, 5.41) is 11.2. The molecule has 0 heterocycles. The maximum atomic E-state index is 12.0. The first-order chi connectivity index (χ1) is 9.04. The van der Waals surface area contributed by atoms with Crippen LogP contribution < -0.4 is 5.32 Å². The van der Waals surface area contributed by atoms with Crippen LogP contribution in [-0.2, 0) is 16.0 Å². The molecular formula is C14H18BrNO3. The molecule has 1 rings (SSSR count). The van der Waals surface area contributed by atoms with Crippen LogP contribution in [0.5, 0.6) is 0 Å². The minimum absolute atomic E-state index is 0.0444. The zero-order valence-electron chi connectivity index (χ0n) is 10.9. The first kappa shape index (κ1) is 15.7. The van der Waals surface area contributed by atoms with Gasteiger partial charge in [-0.05, 0) is 24.5 Å². The topological polar surface area (TPSA) is 66.4 Å². The Hall–Kier alpha value is -1.36. The minimum atomic E-state index is -0.904. The van der Waals surface area contributed by atoms with Gasteiger partial charge in [-0.2, -0.15) is 0 Å². The van der Waals surface area contributed by atoms with Gasteiger partial charge in [0, 0.05) is 16.9 Å². The lowest BCUT2D eigenvalue weighted by molar-refractivity contribution is -0.137. The van der Waals surface area contributed by atoms with Crippen LogP contribution in [0.15, 0.2) is 28.7 Å². The number of carbonyl (C=O) groups excluding carboxylic acids is 1. The molecule has 0 saturated heterocycles. The van der Waals surface area contributed by atoms with Crippen molar-refractivity contribution in [3.8, 4) is 0 Å². The van der Waals surface area contributed by atoms with Crippen LogP contribution in [0.1, 0.15) is 25.3 Å². The molecule has 0 aliphatic carbocycles. The summed E-state index contributed by atoms with van der Waals surface area (Å²) in [5.41, 5.74) is 1.09. The van der Waals surface area contributed by atoms with Gasteiger partial charge >= 0.3 is 5.97 Å². The second-order valence-electron chi connectivity index (χ2n) is 4.34. The lowest BCUT2D eigenvalue weighted by Crippen LogP contribution is -2.33. The van der Waals surface area contributed by atoms with Gasteiger partial charge in [0.1, 0.15) is 0 Å². The van der Waals surface area contributed by atoms with Crippen molar-refractivity contribution >= 4 is 27.8 Å². The van der Waals surface area contributed by atoms with Gasteiger partial charge in [0.15, 0.2) is 0 Å². The maximum absolute atomic E-state index is 12.0. The van der Waals surface area contributed by atoms with Crippen molar-refractivity contribution in [3.05, 3.63) is 34.3 Å². The van der Waals surface area contributed by atoms with Gasteiger partial charge in [-0.15, -0.1) is 0 Å². The number of hydrogen-bond donors (Lipinski definition) is 2.